The minimum atomic E-state index is 0.00122. The zero-order valence-electron chi connectivity index (χ0n) is 17.6. The van der Waals surface area contributed by atoms with E-state index in [-0.39, 0.29) is 5.82 Å². The first-order valence-corrected chi connectivity index (χ1v) is 11.6. The molecular weight excluding hydrogens is 331 g/mol. The first-order valence-electron chi connectivity index (χ1n) is 11.6. The average Bonchev–Trinajstić information content (AvgIpc) is 2.72. The van der Waals surface area contributed by atoms with Crippen molar-refractivity contribution in [3.63, 3.8) is 0 Å². The lowest BCUT2D eigenvalue weighted by Crippen LogP contribution is -2.23. The van der Waals surface area contributed by atoms with Gasteiger partial charge in [-0.3, -0.25) is 0 Å². The van der Waals surface area contributed by atoms with Gasteiger partial charge in [0.15, 0.2) is 0 Å². The molecular formula is C26H39F. The largest absolute Gasteiger partial charge is 0.207 e. The van der Waals surface area contributed by atoms with E-state index in [1.54, 1.807) is 11.6 Å². The van der Waals surface area contributed by atoms with Gasteiger partial charge in [-0.25, -0.2) is 4.39 Å². The van der Waals surface area contributed by atoms with E-state index in [0.29, 0.717) is 0 Å². The lowest BCUT2D eigenvalue weighted by Gasteiger charge is -2.35. The van der Waals surface area contributed by atoms with Gasteiger partial charge in [-0.05, 0) is 92.7 Å². The SMILES string of the molecule is CCCCc1ccc(CCC2=CCC([C@H]3CC[C@H](CC)CC3)CC2)cc1F. The summed E-state index contributed by atoms with van der Waals surface area (Å²) in [4.78, 5) is 0. The molecule has 1 saturated carbocycles. The molecule has 0 bridgehead atoms. The van der Waals surface area contributed by atoms with E-state index < -0.39 is 0 Å². The van der Waals surface area contributed by atoms with E-state index in [2.05, 4.69) is 26.0 Å². The third kappa shape index (κ3) is 5.93. The van der Waals surface area contributed by atoms with Crippen molar-refractivity contribution in [2.75, 3.05) is 0 Å². The molecule has 0 nitrogen and oxygen atoms in total. The molecule has 0 aliphatic heterocycles. The van der Waals surface area contributed by atoms with Gasteiger partial charge < -0.3 is 0 Å². The van der Waals surface area contributed by atoms with E-state index in [9.17, 15) is 4.39 Å². The van der Waals surface area contributed by atoms with Crippen LogP contribution >= 0.6 is 0 Å². The molecule has 0 heterocycles. The normalized spacial score (nSPS) is 26.0. The van der Waals surface area contributed by atoms with Crippen molar-refractivity contribution in [1.29, 1.82) is 0 Å². The Morgan fingerprint density at radius 1 is 0.926 bits per heavy atom. The fourth-order valence-electron chi connectivity index (χ4n) is 5.25. The van der Waals surface area contributed by atoms with Crippen LogP contribution in [-0.2, 0) is 12.8 Å². The Kier molecular flexibility index (Phi) is 7.97. The van der Waals surface area contributed by atoms with Gasteiger partial charge in [-0.2, -0.15) is 0 Å². The lowest BCUT2D eigenvalue weighted by molar-refractivity contribution is 0.189. The van der Waals surface area contributed by atoms with Crippen LogP contribution in [-0.4, -0.2) is 0 Å². The summed E-state index contributed by atoms with van der Waals surface area (Å²) in [5.74, 6) is 2.92. The summed E-state index contributed by atoms with van der Waals surface area (Å²) in [7, 11) is 0. The molecule has 0 N–H and O–H groups in total. The van der Waals surface area contributed by atoms with E-state index in [1.807, 2.05) is 6.07 Å². The molecule has 1 atom stereocenters. The number of unbranched alkanes of at least 4 members (excludes halogenated alkanes) is 1. The molecule has 1 fully saturated rings. The number of allylic oxidation sites excluding steroid dienone is 2. The first kappa shape index (κ1) is 20.6. The van der Waals surface area contributed by atoms with E-state index in [4.69, 9.17) is 0 Å². The Morgan fingerprint density at radius 3 is 2.37 bits per heavy atom. The molecule has 0 saturated heterocycles. The van der Waals surface area contributed by atoms with Crippen LogP contribution in [0.15, 0.2) is 29.8 Å². The van der Waals surface area contributed by atoms with Crippen molar-refractivity contribution in [2.45, 2.75) is 97.3 Å². The monoisotopic (exact) mass is 370 g/mol. The number of halogens is 1. The molecule has 1 aromatic carbocycles. The highest BCUT2D eigenvalue weighted by molar-refractivity contribution is 5.25. The number of aryl methyl sites for hydroxylation is 2. The van der Waals surface area contributed by atoms with Crippen LogP contribution in [0.4, 0.5) is 4.39 Å². The van der Waals surface area contributed by atoms with Gasteiger partial charge in [0.05, 0.1) is 0 Å². The van der Waals surface area contributed by atoms with Crippen LogP contribution in [0.3, 0.4) is 0 Å². The van der Waals surface area contributed by atoms with Gasteiger partial charge >= 0.3 is 0 Å². The molecule has 27 heavy (non-hydrogen) atoms. The van der Waals surface area contributed by atoms with Crippen molar-refractivity contribution < 1.29 is 4.39 Å². The van der Waals surface area contributed by atoms with E-state index in [1.165, 1.54) is 51.4 Å². The zero-order valence-corrected chi connectivity index (χ0v) is 17.6. The fraction of sp³-hybridized carbons (Fsp3) is 0.692. The first-order chi connectivity index (χ1) is 13.2. The van der Waals surface area contributed by atoms with Crippen molar-refractivity contribution in [1.82, 2.24) is 0 Å². The van der Waals surface area contributed by atoms with Crippen LogP contribution in [0.1, 0.15) is 95.6 Å². The van der Waals surface area contributed by atoms with Crippen molar-refractivity contribution in [3.05, 3.63) is 46.8 Å². The molecule has 0 radical (unpaired) electrons. The molecule has 3 rings (SSSR count). The quantitative estimate of drug-likeness (QED) is 0.406. The summed E-state index contributed by atoms with van der Waals surface area (Å²) < 4.78 is 14.2. The minimum absolute atomic E-state index is 0.00122. The highest BCUT2D eigenvalue weighted by Gasteiger charge is 2.27. The molecule has 0 amide bonds. The van der Waals surface area contributed by atoms with Crippen LogP contribution < -0.4 is 0 Å². The Morgan fingerprint density at radius 2 is 1.74 bits per heavy atom. The number of hydrogen-bond acceptors (Lipinski definition) is 0. The summed E-state index contributed by atoms with van der Waals surface area (Å²) in [6.45, 7) is 4.51. The van der Waals surface area contributed by atoms with E-state index >= 15 is 0 Å². The lowest BCUT2D eigenvalue weighted by atomic mass is 9.71. The summed E-state index contributed by atoms with van der Waals surface area (Å²) >= 11 is 0. The molecule has 1 aromatic rings. The Hall–Kier alpha value is -1.11. The van der Waals surface area contributed by atoms with Crippen LogP contribution in [0.2, 0.25) is 0 Å². The maximum Gasteiger partial charge on any atom is 0.126 e. The maximum atomic E-state index is 14.2. The molecule has 1 heteroatoms. The predicted molar refractivity (Wildman–Crippen MR) is 114 cm³/mol. The van der Waals surface area contributed by atoms with Crippen molar-refractivity contribution in [3.8, 4) is 0 Å². The van der Waals surface area contributed by atoms with Crippen LogP contribution in [0.25, 0.3) is 0 Å². The maximum absolute atomic E-state index is 14.2. The van der Waals surface area contributed by atoms with Gasteiger partial charge in [0.1, 0.15) is 5.82 Å². The van der Waals surface area contributed by atoms with Gasteiger partial charge in [0.25, 0.3) is 0 Å². The zero-order chi connectivity index (χ0) is 19.1. The number of hydrogen-bond donors (Lipinski definition) is 0. The van der Waals surface area contributed by atoms with Gasteiger partial charge in [-0.1, -0.05) is 63.3 Å². The molecule has 0 spiro atoms. The molecule has 2 aliphatic rings. The molecule has 0 aromatic heterocycles. The second-order valence-corrected chi connectivity index (χ2v) is 9.12. The Balaban J connectivity index is 1.44. The standard InChI is InChI=1S/C26H39F/c1-3-5-6-25-18-13-22(19-26(25)27)8-7-21-11-16-24(17-12-21)23-14-9-20(4-2)10-15-23/h11,13,18-20,23-24H,3-10,12,14-17H2,1-2H3/t20-,23-,24?. The Bertz CT molecular complexity index is 607. The fourth-order valence-corrected chi connectivity index (χ4v) is 5.25. The highest BCUT2D eigenvalue weighted by Crippen LogP contribution is 2.40. The van der Waals surface area contributed by atoms with Crippen molar-refractivity contribution >= 4 is 0 Å². The summed E-state index contributed by atoms with van der Waals surface area (Å²) in [6, 6.07) is 5.94. The Labute approximate surface area is 166 Å². The third-order valence-electron chi connectivity index (χ3n) is 7.33. The van der Waals surface area contributed by atoms with Crippen molar-refractivity contribution in [2.24, 2.45) is 17.8 Å². The number of benzene rings is 1. The van der Waals surface area contributed by atoms with Gasteiger partial charge in [0.2, 0.25) is 0 Å². The van der Waals surface area contributed by atoms with E-state index in [0.717, 1.165) is 61.0 Å². The highest BCUT2D eigenvalue weighted by atomic mass is 19.1. The molecule has 2 aliphatic carbocycles. The minimum Gasteiger partial charge on any atom is -0.207 e. The van der Waals surface area contributed by atoms with Crippen LogP contribution in [0, 0.1) is 23.6 Å². The number of rotatable bonds is 8. The average molecular weight is 371 g/mol. The summed E-state index contributed by atoms with van der Waals surface area (Å²) in [6.07, 6.45) is 18.9. The van der Waals surface area contributed by atoms with Gasteiger partial charge in [-0.15, -0.1) is 0 Å². The third-order valence-corrected chi connectivity index (χ3v) is 7.33. The topological polar surface area (TPSA) is 0 Å². The molecule has 1 unspecified atom stereocenters. The molecule has 150 valence electrons. The van der Waals surface area contributed by atoms with Crippen LogP contribution in [0.5, 0.6) is 0 Å². The van der Waals surface area contributed by atoms with Gasteiger partial charge in [0, 0.05) is 0 Å². The predicted octanol–water partition coefficient (Wildman–Crippen LogP) is 8.04. The summed E-state index contributed by atoms with van der Waals surface area (Å²) in [5, 5.41) is 0. The second kappa shape index (κ2) is 10.4. The smallest absolute Gasteiger partial charge is 0.126 e. The second-order valence-electron chi connectivity index (χ2n) is 9.12. The summed E-state index contributed by atoms with van der Waals surface area (Å²) in [5.41, 5.74) is 3.66.